The van der Waals surface area contributed by atoms with E-state index in [4.69, 9.17) is 0 Å². The minimum absolute atomic E-state index is 0.311. The highest BCUT2D eigenvalue weighted by Gasteiger charge is 2.16. The molecule has 0 spiro atoms. The van der Waals surface area contributed by atoms with E-state index in [2.05, 4.69) is 27.6 Å². The molecule has 0 saturated carbocycles. The molecule has 0 aliphatic rings. The molecule has 2 aromatic carbocycles. The molecule has 5 nitrogen and oxygen atoms in total. The van der Waals surface area contributed by atoms with Crippen LogP contribution in [-0.2, 0) is 6.42 Å². The lowest BCUT2D eigenvalue weighted by Gasteiger charge is -2.00. The Kier molecular flexibility index (Phi) is 5.04. The summed E-state index contributed by atoms with van der Waals surface area (Å²) in [6.45, 7) is 3.98. The van der Waals surface area contributed by atoms with Crippen LogP contribution in [0.5, 0.6) is 0 Å². The maximum atomic E-state index is 12.3. The smallest absolute Gasteiger partial charge is 0.272 e. The molecule has 1 aromatic heterocycles. The second kappa shape index (κ2) is 7.57. The van der Waals surface area contributed by atoms with Crippen LogP contribution < -0.4 is 5.43 Å². The van der Waals surface area contributed by atoms with Gasteiger partial charge in [-0.05, 0) is 24.5 Å². The maximum Gasteiger partial charge on any atom is 0.289 e. The highest BCUT2D eigenvalue weighted by atomic mass is 16.2. The standard InChI is InChI=1S/C20H20N4O/c1-3-15-9-11-16(12-10-15)13-21-24-20(25)19-14(2)18(22-23-19)17-7-5-4-6-8-17/h4-13H,3H2,1-2H3,(H,22,23)(H,24,25)/b21-13+. The molecule has 0 unspecified atom stereocenters. The van der Waals surface area contributed by atoms with E-state index in [9.17, 15) is 4.79 Å². The first-order valence-corrected chi connectivity index (χ1v) is 8.21. The van der Waals surface area contributed by atoms with Crippen molar-refractivity contribution in [2.75, 3.05) is 0 Å². The molecule has 2 N–H and O–H groups in total. The molecule has 0 radical (unpaired) electrons. The molecule has 0 saturated heterocycles. The first-order valence-electron chi connectivity index (χ1n) is 8.21. The van der Waals surface area contributed by atoms with Crippen molar-refractivity contribution < 1.29 is 4.79 Å². The number of amides is 1. The number of hydrogen-bond donors (Lipinski definition) is 2. The van der Waals surface area contributed by atoms with Crippen molar-refractivity contribution in [3.63, 3.8) is 0 Å². The maximum absolute atomic E-state index is 12.3. The first kappa shape index (κ1) is 16.6. The van der Waals surface area contributed by atoms with Gasteiger partial charge in [-0.2, -0.15) is 10.2 Å². The van der Waals surface area contributed by atoms with E-state index < -0.39 is 0 Å². The largest absolute Gasteiger partial charge is 0.289 e. The van der Waals surface area contributed by atoms with Crippen LogP contribution in [0.1, 0.15) is 34.1 Å². The van der Waals surface area contributed by atoms with Gasteiger partial charge in [-0.1, -0.05) is 61.5 Å². The van der Waals surface area contributed by atoms with Gasteiger partial charge in [0.25, 0.3) is 5.91 Å². The van der Waals surface area contributed by atoms with Crippen LogP contribution in [0.4, 0.5) is 0 Å². The Morgan fingerprint density at radius 1 is 1.16 bits per heavy atom. The monoisotopic (exact) mass is 332 g/mol. The van der Waals surface area contributed by atoms with Crippen molar-refractivity contribution in [2.24, 2.45) is 5.10 Å². The zero-order valence-corrected chi connectivity index (χ0v) is 14.3. The van der Waals surface area contributed by atoms with Gasteiger partial charge in [-0.3, -0.25) is 9.89 Å². The number of benzene rings is 2. The highest BCUT2D eigenvalue weighted by Crippen LogP contribution is 2.22. The van der Waals surface area contributed by atoms with E-state index in [1.54, 1.807) is 6.21 Å². The Labute approximate surface area is 146 Å². The molecule has 1 amide bonds. The summed E-state index contributed by atoms with van der Waals surface area (Å²) in [6, 6.07) is 17.8. The second-order valence-corrected chi connectivity index (χ2v) is 5.73. The first-order chi connectivity index (χ1) is 12.2. The van der Waals surface area contributed by atoms with Crippen LogP contribution in [0, 0.1) is 6.92 Å². The number of aryl methyl sites for hydroxylation is 1. The molecule has 25 heavy (non-hydrogen) atoms. The predicted molar refractivity (Wildman–Crippen MR) is 99.6 cm³/mol. The van der Waals surface area contributed by atoms with E-state index in [1.807, 2.05) is 61.5 Å². The molecule has 0 fully saturated rings. The van der Waals surface area contributed by atoms with Gasteiger partial charge < -0.3 is 0 Å². The molecular weight excluding hydrogens is 312 g/mol. The molecule has 5 heteroatoms. The number of carbonyl (C=O) groups excluding carboxylic acids is 1. The molecule has 3 rings (SSSR count). The van der Waals surface area contributed by atoms with Crippen LogP contribution in [-0.4, -0.2) is 22.3 Å². The molecule has 0 atom stereocenters. The molecule has 3 aromatic rings. The van der Waals surface area contributed by atoms with Gasteiger partial charge in [0, 0.05) is 11.1 Å². The summed E-state index contributed by atoms with van der Waals surface area (Å²) in [4.78, 5) is 12.3. The highest BCUT2D eigenvalue weighted by molar-refractivity contribution is 5.95. The Balaban J connectivity index is 1.69. The third-order valence-corrected chi connectivity index (χ3v) is 4.05. The average Bonchev–Trinajstić information content (AvgIpc) is 3.04. The molecule has 126 valence electrons. The third kappa shape index (κ3) is 3.83. The van der Waals surface area contributed by atoms with Crippen molar-refractivity contribution in [3.05, 3.63) is 77.0 Å². The molecule has 0 aliphatic heterocycles. The molecule has 1 heterocycles. The number of nitrogens with zero attached hydrogens (tertiary/aromatic N) is 2. The summed E-state index contributed by atoms with van der Waals surface area (Å²) in [5.41, 5.74) is 7.69. The fourth-order valence-corrected chi connectivity index (χ4v) is 2.56. The number of carbonyl (C=O) groups is 1. The molecule has 0 aliphatic carbocycles. The zero-order valence-electron chi connectivity index (χ0n) is 14.3. The average molecular weight is 332 g/mol. The quantitative estimate of drug-likeness (QED) is 0.552. The number of rotatable bonds is 5. The van der Waals surface area contributed by atoms with E-state index >= 15 is 0 Å². The Bertz CT molecular complexity index is 880. The zero-order chi connectivity index (χ0) is 17.6. The summed E-state index contributed by atoms with van der Waals surface area (Å²) >= 11 is 0. The number of nitrogens with one attached hydrogen (secondary N) is 2. The van der Waals surface area contributed by atoms with Crippen LogP contribution in [0.3, 0.4) is 0 Å². The molecular formula is C20H20N4O. The van der Waals surface area contributed by atoms with E-state index in [0.717, 1.165) is 28.8 Å². The van der Waals surface area contributed by atoms with Crippen molar-refractivity contribution in [1.82, 2.24) is 15.6 Å². The van der Waals surface area contributed by atoms with Crippen LogP contribution >= 0.6 is 0 Å². The van der Waals surface area contributed by atoms with Crippen LogP contribution in [0.15, 0.2) is 59.7 Å². The minimum atomic E-state index is -0.311. The minimum Gasteiger partial charge on any atom is -0.272 e. The van der Waals surface area contributed by atoms with Gasteiger partial charge in [-0.25, -0.2) is 5.43 Å². The number of aromatic nitrogens is 2. The lowest BCUT2D eigenvalue weighted by molar-refractivity contribution is 0.0949. The summed E-state index contributed by atoms with van der Waals surface area (Å²) in [6.07, 6.45) is 2.62. The van der Waals surface area contributed by atoms with Crippen molar-refractivity contribution in [2.45, 2.75) is 20.3 Å². The lowest BCUT2D eigenvalue weighted by Crippen LogP contribution is -2.19. The summed E-state index contributed by atoms with van der Waals surface area (Å²) < 4.78 is 0. The number of hydrazone groups is 1. The van der Waals surface area contributed by atoms with Crippen molar-refractivity contribution in [1.29, 1.82) is 0 Å². The molecule has 0 bridgehead atoms. The van der Waals surface area contributed by atoms with Crippen LogP contribution in [0.25, 0.3) is 11.3 Å². The van der Waals surface area contributed by atoms with Gasteiger partial charge in [0.05, 0.1) is 11.9 Å². The van der Waals surface area contributed by atoms with Crippen molar-refractivity contribution >= 4 is 12.1 Å². The SMILES string of the molecule is CCc1ccc(/C=N/NC(=O)c2[nH]nc(-c3ccccc3)c2C)cc1. The normalized spacial score (nSPS) is 11.0. The fourth-order valence-electron chi connectivity index (χ4n) is 2.56. The summed E-state index contributed by atoms with van der Waals surface area (Å²) in [5, 5.41) is 11.1. The number of H-pyrrole nitrogens is 1. The van der Waals surface area contributed by atoms with Gasteiger partial charge in [-0.15, -0.1) is 0 Å². The van der Waals surface area contributed by atoms with Crippen LogP contribution in [0.2, 0.25) is 0 Å². The Morgan fingerprint density at radius 3 is 2.56 bits per heavy atom. The van der Waals surface area contributed by atoms with Crippen molar-refractivity contribution in [3.8, 4) is 11.3 Å². The van der Waals surface area contributed by atoms with Gasteiger partial charge in [0.2, 0.25) is 0 Å². The van der Waals surface area contributed by atoms with Gasteiger partial charge >= 0.3 is 0 Å². The number of hydrogen-bond acceptors (Lipinski definition) is 3. The summed E-state index contributed by atoms with van der Waals surface area (Å²) in [7, 11) is 0. The van der Waals surface area contributed by atoms with Gasteiger partial charge in [0.15, 0.2) is 0 Å². The Hall–Kier alpha value is -3.21. The second-order valence-electron chi connectivity index (χ2n) is 5.73. The predicted octanol–water partition coefficient (Wildman–Crippen LogP) is 3.71. The van der Waals surface area contributed by atoms with Gasteiger partial charge in [0.1, 0.15) is 5.69 Å². The topological polar surface area (TPSA) is 70.1 Å². The van der Waals surface area contributed by atoms with E-state index in [-0.39, 0.29) is 5.91 Å². The summed E-state index contributed by atoms with van der Waals surface area (Å²) in [5.74, 6) is -0.311. The lowest BCUT2D eigenvalue weighted by atomic mass is 10.1. The fraction of sp³-hybridized carbons (Fsp3) is 0.150. The third-order valence-electron chi connectivity index (χ3n) is 4.05. The van der Waals surface area contributed by atoms with E-state index in [0.29, 0.717) is 5.69 Å². The number of aromatic amines is 1. The Morgan fingerprint density at radius 2 is 1.88 bits per heavy atom. The van der Waals surface area contributed by atoms with E-state index in [1.165, 1.54) is 5.56 Å².